The molecule has 0 aromatic heterocycles. The molecule has 0 unspecified atom stereocenters. The van der Waals surface area contributed by atoms with Gasteiger partial charge in [-0.3, -0.25) is 4.84 Å². The van der Waals surface area contributed by atoms with Crippen LogP contribution < -0.4 is 5.48 Å². The van der Waals surface area contributed by atoms with Crippen LogP contribution in [0, 0.1) is 0 Å². The van der Waals surface area contributed by atoms with Crippen LogP contribution in [0.4, 0.5) is 0 Å². The molecule has 0 rings (SSSR count). The summed E-state index contributed by atoms with van der Waals surface area (Å²) in [5.41, 5.74) is 2.62. The summed E-state index contributed by atoms with van der Waals surface area (Å²) in [5, 5.41) is 0. The fourth-order valence-electron chi connectivity index (χ4n) is 0.203. The van der Waals surface area contributed by atoms with Crippen LogP contribution in [0.25, 0.3) is 0 Å². The Kier molecular flexibility index (Phi) is 5.90. The van der Waals surface area contributed by atoms with Gasteiger partial charge >= 0.3 is 0 Å². The smallest absolute Gasteiger partial charge is 0.260 e. The highest BCUT2D eigenvalue weighted by molar-refractivity contribution is 5.97. The summed E-state index contributed by atoms with van der Waals surface area (Å²) in [7, 11) is 1.58. The Bertz CT molecular complexity index is 32.1. The average molecular weight is 103 g/mol. The second-order valence-electron chi connectivity index (χ2n) is 1.05. The first kappa shape index (κ1) is 6.94. The van der Waals surface area contributed by atoms with Gasteiger partial charge in [0, 0.05) is 6.54 Å². The number of hydroxylamine groups is 1. The Labute approximate surface area is 44.4 Å². The zero-order valence-corrected chi connectivity index (χ0v) is 4.73. The summed E-state index contributed by atoms with van der Waals surface area (Å²) in [6.45, 7) is 3.08. The standard InChI is InChI=1S/C3H10BNO2/c1-2-5-7-3-6-4/h5H,2-4H2,1H3. The lowest BCUT2D eigenvalue weighted by Crippen LogP contribution is -2.14. The molecule has 0 fully saturated rings. The highest BCUT2D eigenvalue weighted by atomic mass is 16.7. The molecule has 0 saturated carbocycles. The van der Waals surface area contributed by atoms with E-state index in [1.165, 1.54) is 0 Å². The van der Waals surface area contributed by atoms with E-state index in [9.17, 15) is 0 Å². The first-order valence-electron chi connectivity index (χ1n) is 2.25. The zero-order chi connectivity index (χ0) is 5.54. The van der Waals surface area contributed by atoms with Crippen LogP contribution >= 0.6 is 0 Å². The molecule has 0 aromatic carbocycles. The van der Waals surface area contributed by atoms with Crippen molar-refractivity contribution in [1.82, 2.24) is 5.48 Å². The number of hydrogen-bond donors (Lipinski definition) is 1. The maximum atomic E-state index is 4.66. The van der Waals surface area contributed by atoms with E-state index in [1.807, 2.05) is 6.92 Å². The van der Waals surface area contributed by atoms with Gasteiger partial charge in [-0.1, -0.05) is 6.92 Å². The van der Waals surface area contributed by atoms with E-state index in [-0.39, 0.29) is 0 Å². The van der Waals surface area contributed by atoms with Crippen LogP contribution in [0.15, 0.2) is 0 Å². The molecule has 0 aliphatic heterocycles. The highest BCUT2D eigenvalue weighted by Crippen LogP contribution is 1.63. The van der Waals surface area contributed by atoms with Gasteiger partial charge in [0.05, 0.1) is 0 Å². The number of rotatable bonds is 4. The SMILES string of the molecule is BOCONCC. The summed E-state index contributed by atoms with van der Waals surface area (Å²) >= 11 is 0. The van der Waals surface area contributed by atoms with Crippen molar-refractivity contribution in [3.05, 3.63) is 0 Å². The molecule has 0 amide bonds. The quantitative estimate of drug-likeness (QED) is 0.215. The van der Waals surface area contributed by atoms with E-state index in [2.05, 4.69) is 15.0 Å². The van der Waals surface area contributed by atoms with Crippen LogP contribution in [0.5, 0.6) is 0 Å². The van der Waals surface area contributed by atoms with Crippen LogP contribution in [0.3, 0.4) is 0 Å². The van der Waals surface area contributed by atoms with E-state index in [4.69, 9.17) is 0 Å². The van der Waals surface area contributed by atoms with Crippen LogP contribution in [-0.2, 0) is 9.49 Å². The first-order valence-corrected chi connectivity index (χ1v) is 2.25. The van der Waals surface area contributed by atoms with Crippen LogP contribution in [-0.4, -0.2) is 21.4 Å². The lowest BCUT2D eigenvalue weighted by Gasteiger charge is -1.98. The minimum atomic E-state index is 0.313. The third-order valence-electron chi connectivity index (χ3n) is 0.423. The topological polar surface area (TPSA) is 30.5 Å². The highest BCUT2D eigenvalue weighted by Gasteiger charge is 1.74. The normalized spacial score (nSPS) is 9.29. The monoisotopic (exact) mass is 103 g/mol. The maximum Gasteiger partial charge on any atom is 0.260 e. The Hall–Kier alpha value is -0.0551. The minimum Gasteiger partial charge on any atom is -0.422 e. The van der Waals surface area contributed by atoms with Crippen molar-refractivity contribution in [3.63, 3.8) is 0 Å². The number of hydrogen-bond acceptors (Lipinski definition) is 3. The second kappa shape index (κ2) is 5.94. The molecule has 0 heterocycles. The predicted octanol–water partition coefficient (Wildman–Crippen LogP) is -0.950. The maximum absolute atomic E-state index is 4.66. The van der Waals surface area contributed by atoms with E-state index in [1.54, 1.807) is 8.05 Å². The van der Waals surface area contributed by atoms with E-state index in [0.717, 1.165) is 6.54 Å². The Balaban J connectivity index is 2.45. The predicted molar refractivity (Wildman–Crippen MR) is 29.3 cm³/mol. The molecule has 4 heteroatoms. The summed E-state index contributed by atoms with van der Waals surface area (Å²) in [6.07, 6.45) is 0. The number of nitrogens with one attached hydrogen (secondary N) is 1. The molecule has 0 spiro atoms. The fourth-order valence-corrected chi connectivity index (χ4v) is 0.203. The van der Waals surface area contributed by atoms with Crippen molar-refractivity contribution in [2.45, 2.75) is 6.92 Å². The van der Waals surface area contributed by atoms with Gasteiger partial charge in [0.25, 0.3) is 8.05 Å². The van der Waals surface area contributed by atoms with Crippen molar-refractivity contribution < 1.29 is 9.49 Å². The van der Waals surface area contributed by atoms with E-state index < -0.39 is 0 Å². The second-order valence-corrected chi connectivity index (χ2v) is 1.05. The summed E-state index contributed by atoms with van der Waals surface area (Å²) in [4.78, 5) is 4.66. The Morgan fingerprint density at radius 2 is 2.43 bits per heavy atom. The third-order valence-corrected chi connectivity index (χ3v) is 0.423. The molecule has 7 heavy (non-hydrogen) atoms. The van der Waals surface area contributed by atoms with Gasteiger partial charge < -0.3 is 4.65 Å². The molecule has 0 aliphatic rings. The van der Waals surface area contributed by atoms with Gasteiger partial charge in [-0.15, -0.1) is 0 Å². The molecule has 0 bridgehead atoms. The largest absolute Gasteiger partial charge is 0.422 e. The summed E-state index contributed by atoms with van der Waals surface area (Å²) < 4.78 is 4.56. The lowest BCUT2D eigenvalue weighted by atomic mass is 10.6. The van der Waals surface area contributed by atoms with Gasteiger partial charge in [0.2, 0.25) is 0 Å². The van der Waals surface area contributed by atoms with Gasteiger partial charge in [-0.05, 0) is 0 Å². The van der Waals surface area contributed by atoms with Crippen LogP contribution in [0.2, 0.25) is 0 Å². The lowest BCUT2D eigenvalue weighted by molar-refractivity contribution is -0.0419. The summed E-state index contributed by atoms with van der Waals surface area (Å²) in [6, 6.07) is 0. The Morgan fingerprint density at radius 1 is 1.71 bits per heavy atom. The van der Waals surface area contributed by atoms with E-state index >= 15 is 0 Å². The molecule has 0 aromatic rings. The van der Waals surface area contributed by atoms with E-state index in [0.29, 0.717) is 6.79 Å². The van der Waals surface area contributed by atoms with Gasteiger partial charge in [-0.2, -0.15) is 0 Å². The van der Waals surface area contributed by atoms with Gasteiger partial charge in [0.15, 0.2) is 6.79 Å². The Morgan fingerprint density at radius 3 is 2.86 bits per heavy atom. The van der Waals surface area contributed by atoms with Crippen molar-refractivity contribution >= 4 is 8.05 Å². The zero-order valence-electron chi connectivity index (χ0n) is 4.73. The molecule has 1 N–H and O–H groups in total. The minimum absolute atomic E-state index is 0.313. The molecule has 0 aliphatic carbocycles. The van der Waals surface area contributed by atoms with Crippen molar-refractivity contribution in [2.75, 3.05) is 13.3 Å². The third kappa shape index (κ3) is 5.94. The van der Waals surface area contributed by atoms with Crippen molar-refractivity contribution in [2.24, 2.45) is 0 Å². The fraction of sp³-hybridized carbons (Fsp3) is 1.00. The molecule has 3 nitrogen and oxygen atoms in total. The molecular weight excluding hydrogens is 92.8 g/mol. The average Bonchev–Trinajstić information content (AvgIpc) is 1.69. The molecule has 0 saturated heterocycles. The van der Waals surface area contributed by atoms with Crippen molar-refractivity contribution in [1.29, 1.82) is 0 Å². The molecule has 0 atom stereocenters. The summed E-state index contributed by atoms with van der Waals surface area (Å²) in [5.74, 6) is 0. The molecule has 42 valence electrons. The molecule has 0 radical (unpaired) electrons. The first-order chi connectivity index (χ1) is 3.41. The van der Waals surface area contributed by atoms with Crippen LogP contribution in [0.1, 0.15) is 6.92 Å². The molecular formula is C3H10BNO2. The van der Waals surface area contributed by atoms with Gasteiger partial charge in [-0.25, -0.2) is 5.48 Å². The van der Waals surface area contributed by atoms with Gasteiger partial charge in [0.1, 0.15) is 0 Å². The van der Waals surface area contributed by atoms with Crippen molar-refractivity contribution in [3.8, 4) is 0 Å².